The van der Waals surface area contributed by atoms with Crippen molar-refractivity contribution in [1.29, 1.82) is 0 Å². The summed E-state index contributed by atoms with van der Waals surface area (Å²) in [4.78, 5) is 39.3. The minimum atomic E-state index is -0.344. The SMILES string of the molecule is COc1ccc(NC(=O)C2CCN(c3c(C)n(C)c(=O)n(C)c3=O)CC2)cc1Cl. The molecule has 2 heterocycles. The van der Waals surface area contributed by atoms with E-state index in [-0.39, 0.29) is 23.1 Å². The second-order valence-electron chi connectivity index (χ2n) is 7.24. The van der Waals surface area contributed by atoms with Crippen LogP contribution >= 0.6 is 11.6 Å². The van der Waals surface area contributed by atoms with Gasteiger partial charge in [-0.3, -0.25) is 18.7 Å². The summed E-state index contributed by atoms with van der Waals surface area (Å²) >= 11 is 6.11. The molecule has 0 radical (unpaired) electrons. The summed E-state index contributed by atoms with van der Waals surface area (Å²) in [6.07, 6.45) is 1.22. The van der Waals surface area contributed by atoms with Crippen LogP contribution in [0.2, 0.25) is 5.02 Å². The largest absolute Gasteiger partial charge is 0.495 e. The molecule has 1 aliphatic heterocycles. The van der Waals surface area contributed by atoms with Gasteiger partial charge in [0.1, 0.15) is 11.4 Å². The molecule has 1 N–H and O–H groups in total. The normalized spacial score (nSPS) is 14.7. The van der Waals surface area contributed by atoms with Crippen LogP contribution in [0.5, 0.6) is 5.75 Å². The van der Waals surface area contributed by atoms with Crippen LogP contribution in [0.1, 0.15) is 18.5 Å². The second-order valence-corrected chi connectivity index (χ2v) is 7.65. The van der Waals surface area contributed by atoms with E-state index in [9.17, 15) is 14.4 Å². The van der Waals surface area contributed by atoms with Crippen LogP contribution in [0.3, 0.4) is 0 Å². The molecule has 9 heteroatoms. The Morgan fingerprint density at radius 2 is 1.83 bits per heavy atom. The summed E-state index contributed by atoms with van der Waals surface area (Å²) in [6, 6.07) is 5.11. The van der Waals surface area contributed by atoms with Gasteiger partial charge in [0.15, 0.2) is 0 Å². The van der Waals surface area contributed by atoms with Gasteiger partial charge in [-0.15, -0.1) is 0 Å². The van der Waals surface area contributed by atoms with Crippen LogP contribution < -0.4 is 26.2 Å². The maximum Gasteiger partial charge on any atom is 0.330 e. The van der Waals surface area contributed by atoms with Crippen molar-refractivity contribution in [2.24, 2.45) is 20.0 Å². The third-order valence-electron chi connectivity index (χ3n) is 5.53. The van der Waals surface area contributed by atoms with Gasteiger partial charge >= 0.3 is 5.69 Å². The van der Waals surface area contributed by atoms with E-state index in [4.69, 9.17) is 16.3 Å². The number of hydrogen-bond acceptors (Lipinski definition) is 5. The Morgan fingerprint density at radius 3 is 2.41 bits per heavy atom. The highest BCUT2D eigenvalue weighted by Gasteiger charge is 2.28. The maximum atomic E-state index is 12.6. The minimum absolute atomic E-state index is 0.0732. The molecule has 0 aliphatic carbocycles. The van der Waals surface area contributed by atoms with E-state index < -0.39 is 0 Å². The third-order valence-corrected chi connectivity index (χ3v) is 5.82. The number of piperidine rings is 1. The number of hydrogen-bond donors (Lipinski definition) is 1. The molecule has 0 atom stereocenters. The number of carbonyl (C=O) groups excluding carboxylic acids is 1. The molecule has 0 spiro atoms. The monoisotopic (exact) mass is 420 g/mol. The molecule has 8 nitrogen and oxygen atoms in total. The average Bonchev–Trinajstić information content (AvgIpc) is 2.71. The van der Waals surface area contributed by atoms with E-state index >= 15 is 0 Å². The van der Waals surface area contributed by atoms with Crippen LogP contribution in [-0.4, -0.2) is 35.2 Å². The van der Waals surface area contributed by atoms with Crippen molar-refractivity contribution in [2.45, 2.75) is 19.8 Å². The van der Waals surface area contributed by atoms with Crippen molar-refractivity contribution in [2.75, 3.05) is 30.4 Å². The van der Waals surface area contributed by atoms with Crippen LogP contribution in [0.15, 0.2) is 27.8 Å². The fourth-order valence-corrected chi connectivity index (χ4v) is 3.90. The number of anilines is 2. The van der Waals surface area contributed by atoms with Crippen LogP contribution in [-0.2, 0) is 18.9 Å². The highest BCUT2D eigenvalue weighted by atomic mass is 35.5. The quantitative estimate of drug-likeness (QED) is 0.816. The molecule has 29 heavy (non-hydrogen) atoms. The summed E-state index contributed by atoms with van der Waals surface area (Å²) in [5, 5.41) is 3.33. The highest BCUT2D eigenvalue weighted by Crippen LogP contribution is 2.28. The molecule has 1 aliphatic rings. The number of amides is 1. The highest BCUT2D eigenvalue weighted by molar-refractivity contribution is 6.32. The van der Waals surface area contributed by atoms with E-state index in [2.05, 4.69) is 5.32 Å². The topological polar surface area (TPSA) is 85.6 Å². The Labute approximate surface area is 173 Å². The van der Waals surface area contributed by atoms with E-state index in [0.717, 1.165) is 4.57 Å². The fourth-order valence-electron chi connectivity index (χ4n) is 3.65. The standard InChI is InChI=1S/C20H25ClN4O4/c1-12-17(19(27)24(3)20(28)23(12)2)25-9-7-13(8-10-25)18(26)22-14-5-6-16(29-4)15(21)11-14/h5-6,11,13H,7-10H2,1-4H3,(H,22,26). The molecular weight excluding hydrogens is 396 g/mol. The number of benzene rings is 1. The molecule has 156 valence electrons. The zero-order valence-electron chi connectivity index (χ0n) is 17.0. The number of methoxy groups -OCH3 is 1. The van der Waals surface area contributed by atoms with Gasteiger partial charge in [-0.1, -0.05) is 11.6 Å². The van der Waals surface area contributed by atoms with Gasteiger partial charge in [0.25, 0.3) is 5.56 Å². The molecule has 0 saturated carbocycles. The maximum absolute atomic E-state index is 12.6. The third kappa shape index (κ3) is 4.03. The number of carbonyl (C=O) groups is 1. The fraction of sp³-hybridized carbons (Fsp3) is 0.450. The number of aromatic nitrogens is 2. The van der Waals surface area contributed by atoms with Crippen LogP contribution in [0.4, 0.5) is 11.4 Å². The molecule has 1 aromatic carbocycles. The van der Waals surface area contributed by atoms with Gasteiger partial charge in [-0.2, -0.15) is 0 Å². The summed E-state index contributed by atoms with van der Waals surface area (Å²) in [5.74, 6) is 0.312. The van der Waals surface area contributed by atoms with Gasteiger partial charge in [-0.05, 0) is 38.0 Å². The van der Waals surface area contributed by atoms with Gasteiger partial charge in [-0.25, -0.2) is 4.79 Å². The van der Waals surface area contributed by atoms with E-state index in [1.54, 1.807) is 32.2 Å². The Bertz CT molecular complexity index is 1050. The first-order chi connectivity index (χ1) is 13.7. The number of nitrogens with one attached hydrogen (secondary N) is 1. The molecule has 3 rings (SSSR count). The summed E-state index contributed by atoms with van der Waals surface area (Å²) < 4.78 is 7.71. The first-order valence-corrected chi connectivity index (χ1v) is 9.78. The van der Waals surface area contributed by atoms with Gasteiger partial charge < -0.3 is 15.0 Å². The van der Waals surface area contributed by atoms with Gasteiger partial charge in [0, 0.05) is 44.5 Å². The van der Waals surface area contributed by atoms with E-state index in [1.165, 1.54) is 18.7 Å². The lowest BCUT2D eigenvalue weighted by molar-refractivity contribution is -0.120. The number of halogens is 1. The summed E-state index contributed by atoms with van der Waals surface area (Å²) in [5.41, 5.74) is 1.13. The Kier molecular flexibility index (Phi) is 6.02. The molecule has 1 amide bonds. The summed E-state index contributed by atoms with van der Waals surface area (Å²) in [7, 11) is 4.67. The zero-order chi connectivity index (χ0) is 21.3. The molecule has 0 bridgehead atoms. The summed E-state index contributed by atoms with van der Waals surface area (Å²) in [6.45, 7) is 2.90. The van der Waals surface area contributed by atoms with E-state index in [1.807, 2.05) is 4.90 Å². The Morgan fingerprint density at radius 1 is 1.17 bits per heavy atom. The lowest BCUT2D eigenvalue weighted by Crippen LogP contribution is -2.46. The Balaban J connectivity index is 1.70. The number of nitrogens with zero attached hydrogens (tertiary/aromatic N) is 3. The van der Waals surface area contributed by atoms with Crippen molar-refractivity contribution in [3.8, 4) is 5.75 Å². The lowest BCUT2D eigenvalue weighted by Gasteiger charge is -2.33. The predicted octanol–water partition coefficient (Wildman–Crippen LogP) is 1.91. The van der Waals surface area contributed by atoms with Gasteiger partial charge in [0.05, 0.1) is 12.1 Å². The van der Waals surface area contributed by atoms with Crippen molar-refractivity contribution < 1.29 is 9.53 Å². The lowest BCUT2D eigenvalue weighted by atomic mass is 9.95. The van der Waals surface area contributed by atoms with Crippen LogP contribution in [0, 0.1) is 12.8 Å². The van der Waals surface area contributed by atoms with Crippen LogP contribution in [0.25, 0.3) is 0 Å². The number of rotatable bonds is 4. The minimum Gasteiger partial charge on any atom is -0.495 e. The van der Waals surface area contributed by atoms with E-state index in [0.29, 0.717) is 53.8 Å². The molecule has 1 saturated heterocycles. The second kappa shape index (κ2) is 8.32. The molecule has 1 fully saturated rings. The Hall–Kier alpha value is -2.74. The first kappa shape index (κ1) is 21.0. The van der Waals surface area contributed by atoms with Crippen molar-refractivity contribution in [1.82, 2.24) is 9.13 Å². The molecular formula is C20H25ClN4O4. The van der Waals surface area contributed by atoms with Gasteiger partial charge in [0.2, 0.25) is 5.91 Å². The molecule has 2 aromatic rings. The van der Waals surface area contributed by atoms with Crippen molar-refractivity contribution >= 4 is 28.9 Å². The molecule has 0 unspecified atom stereocenters. The van der Waals surface area contributed by atoms with Crippen molar-refractivity contribution in [3.63, 3.8) is 0 Å². The predicted molar refractivity (Wildman–Crippen MR) is 113 cm³/mol. The molecule has 1 aromatic heterocycles. The zero-order valence-corrected chi connectivity index (χ0v) is 17.7. The smallest absolute Gasteiger partial charge is 0.330 e. The average molecular weight is 421 g/mol. The number of ether oxygens (including phenoxy) is 1. The first-order valence-electron chi connectivity index (χ1n) is 9.40. The van der Waals surface area contributed by atoms with Crippen molar-refractivity contribution in [3.05, 3.63) is 49.8 Å².